The number of benzene rings is 1. The van der Waals surface area contributed by atoms with Crippen molar-refractivity contribution >= 4 is 37.8 Å². The van der Waals surface area contributed by atoms with Crippen molar-refractivity contribution in [2.75, 3.05) is 6.61 Å². The van der Waals surface area contributed by atoms with E-state index in [0.29, 0.717) is 14.5 Å². The molecule has 0 radical (unpaired) electrons. The van der Waals surface area contributed by atoms with Crippen LogP contribution in [-0.4, -0.2) is 12.6 Å². The lowest BCUT2D eigenvalue weighted by molar-refractivity contribution is 0.0538. The molecular weight excluding hydrogens is 324 g/mol. The van der Waals surface area contributed by atoms with Crippen molar-refractivity contribution in [2.24, 2.45) is 0 Å². The summed E-state index contributed by atoms with van der Waals surface area (Å²) in [5, 5.41) is 0. The number of carbonyl (C=O) groups is 1. The summed E-state index contributed by atoms with van der Waals surface area (Å²) < 4.78 is 6.48. The lowest BCUT2D eigenvalue weighted by atomic mass is 10.2. The van der Waals surface area contributed by atoms with Gasteiger partial charge in [0.1, 0.15) is 6.61 Å². The molecule has 0 fully saturated rings. The van der Waals surface area contributed by atoms with E-state index >= 15 is 0 Å². The van der Waals surface area contributed by atoms with Crippen LogP contribution in [0, 0.1) is 0 Å². The third-order valence-corrected chi connectivity index (χ3v) is 2.94. The van der Waals surface area contributed by atoms with Crippen LogP contribution >= 0.6 is 31.9 Å². The molecular formula is C11H10Br2O2. The third-order valence-electron chi connectivity index (χ3n) is 1.62. The fourth-order valence-electron chi connectivity index (χ4n) is 0.954. The Kier molecular flexibility index (Phi) is 4.54. The lowest BCUT2D eigenvalue weighted by Crippen LogP contribution is -2.08. The van der Waals surface area contributed by atoms with Crippen molar-refractivity contribution in [3.63, 3.8) is 0 Å². The number of halogens is 2. The standard InChI is InChI=1S/C11H10Br2O2/c1-7(2)6-15-11(14)10-8(12)4-3-5-9(10)13/h3-5H,1,6H2,2H3. The summed E-state index contributed by atoms with van der Waals surface area (Å²) in [6.45, 7) is 5.72. The van der Waals surface area contributed by atoms with Gasteiger partial charge >= 0.3 is 5.97 Å². The molecule has 0 aromatic heterocycles. The zero-order valence-electron chi connectivity index (χ0n) is 8.22. The van der Waals surface area contributed by atoms with Gasteiger partial charge < -0.3 is 4.74 Å². The van der Waals surface area contributed by atoms with E-state index in [1.54, 1.807) is 12.1 Å². The molecule has 0 unspecified atom stereocenters. The van der Waals surface area contributed by atoms with Gasteiger partial charge in [0.15, 0.2) is 0 Å². The summed E-state index contributed by atoms with van der Waals surface area (Å²) >= 11 is 6.60. The van der Waals surface area contributed by atoms with Gasteiger partial charge in [0, 0.05) is 8.95 Å². The first-order valence-electron chi connectivity index (χ1n) is 4.28. The third kappa shape index (κ3) is 3.47. The summed E-state index contributed by atoms with van der Waals surface area (Å²) in [6, 6.07) is 5.42. The van der Waals surface area contributed by atoms with Gasteiger partial charge in [-0.3, -0.25) is 0 Å². The first kappa shape index (κ1) is 12.5. The number of ether oxygens (including phenoxy) is 1. The highest BCUT2D eigenvalue weighted by Crippen LogP contribution is 2.25. The van der Waals surface area contributed by atoms with E-state index in [9.17, 15) is 4.79 Å². The van der Waals surface area contributed by atoms with Crippen LogP contribution in [0.15, 0.2) is 39.3 Å². The van der Waals surface area contributed by atoms with Crippen LogP contribution in [0.5, 0.6) is 0 Å². The van der Waals surface area contributed by atoms with E-state index in [2.05, 4.69) is 38.4 Å². The average Bonchev–Trinajstić information content (AvgIpc) is 2.14. The highest BCUT2D eigenvalue weighted by atomic mass is 79.9. The van der Waals surface area contributed by atoms with E-state index in [0.717, 1.165) is 5.57 Å². The molecule has 0 atom stereocenters. The molecule has 4 heteroatoms. The maximum atomic E-state index is 11.7. The van der Waals surface area contributed by atoms with Crippen LogP contribution in [0.4, 0.5) is 0 Å². The minimum Gasteiger partial charge on any atom is -0.458 e. The smallest absolute Gasteiger partial charge is 0.340 e. The molecule has 1 rings (SSSR count). The van der Waals surface area contributed by atoms with Crippen molar-refractivity contribution in [1.82, 2.24) is 0 Å². The topological polar surface area (TPSA) is 26.3 Å². The predicted molar refractivity (Wildman–Crippen MR) is 66.9 cm³/mol. The first-order valence-corrected chi connectivity index (χ1v) is 5.86. The second-order valence-electron chi connectivity index (χ2n) is 3.13. The van der Waals surface area contributed by atoms with Gasteiger partial charge in [0.05, 0.1) is 5.56 Å². The number of rotatable bonds is 3. The van der Waals surface area contributed by atoms with Gasteiger partial charge in [-0.15, -0.1) is 0 Å². The number of hydrogen-bond acceptors (Lipinski definition) is 2. The van der Waals surface area contributed by atoms with Gasteiger partial charge in [-0.1, -0.05) is 12.6 Å². The lowest BCUT2D eigenvalue weighted by Gasteiger charge is -2.07. The van der Waals surface area contributed by atoms with Gasteiger partial charge in [0.2, 0.25) is 0 Å². The molecule has 0 aliphatic rings. The van der Waals surface area contributed by atoms with E-state index in [4.69, 9.17) is 4.74 Å². The van der Waals surface area contributed by atoms with Crippen LogP contribution in [0.1, 0.15) is 17.3 Å². The van der Waals surface area contributed by atoms with Gasteiger partial charge in [-0.25, -0.2) is 4.79 Å². The van der Waals surface area contributed by atoms with E-state index in [-0.39, 0.29) is 12.6 Å². The van der Waals surface area contributed by atoms with E-state index in [1.807, 2.05) is 13.0 Å². The minimum absolute atomic E-state index is 0.243. The maximum absolute atomic E-state index is 11.7. The van der Waals surface area contributed by atoms with Crippen LogP contribution in [-0.2, 0) is 4.74 Å². The largest absolute Gasteiger partial charge is 0.458 e. The Bertz CT molecular complexity index is 379. The Morgan fingerprint density at radius 2 is 1.93 bits per heavy atom. The zero-order valence-corrected chi connectivity index (χ0v) is 11.4. The van der Waals surface area contributed by atoms with Crippen molar-refractivity contribution in [3.05, 3.63) is 44.9 Å². The summed E-state index contributed by atoms with van der Waals surface area (Å²) in [6.07, 6.45) is 0. The highest BCUT2D eigenvalue weighted by Gasteiger charge is 2.14. The number of hydrogen-bond donors (Lipinski definition) is 0. The Labute approximate surface area is 106 Å². The Hall–Kier alpha value is -0.610. The van der Waals surface area contributed by atoms with Gasteiger partial charge in [-0.2, -0.15) is 0 Å². The van der Waals surface area contributed by atoms with Crippen LogP contribution in [0.2, 0.25) is 0 Å². The Balaban J connectivity index is 2.86. The predicted octanol–water partition coefficient (Wildman–Crippen LogP) is 3.94. The van der Waals surface area contributed by atoms with E-state index in [1.165, 1.54) is 0 Å². The molecule has 80 valence electrons. The molecule has 0 heterocycles. The quantitative estimate of drug-likeness (QED) is 0.618. The molecule has 0 saturated carbocycles. The molecule has 1 aromatic rings. The highest BCUT2D eigenvalue weighted by molar-refractivity contribution is 9.11. The molecule has 0 spiro atoms. The molecule has 1 aromatic carbocycles. The second-order valence-corrected chi connectivity index (χ2v) is 4.84. The molecule has 0 aliphatic heterocycles. The number of esters is 1. The van der Waals surface area contributed by atoms with Crippen molar-refractivity contribution in [2.45, 2.75) is 6.92 Å². The SMILES string of the molecule is C=C(C)COC(=O)c1c(Br)cccc1Br. The van der Waals surface area contributed by atoms with Gasteiger partial charge in [0.25, 0.3) is 0 Å². The monoisotopic (exact) mass is 332 g/mol. The average molecular weight is 334 g/mol. The summed E-state index contributed by atoms with van der Waals surface area (Å²) in [5.74, 6) is -0.364. The summed E-state index contributed by atoms with van der Waals surface area (Å²) in [4.78, 5) is 11.7. The zero-order chi connectivity index (χ0) is 11.4. The first-order chi connectivity index (χ1) is 7.02. The van der Waals surface area contributed by atoms with Crippen molar-refractivity contribution in [1.29, 1.82) is 0 Å². The number of carbonyl (C=O) groups excluding carboxylic acids is 1. The van der Waals surface area contributed by atoms with Crippen molar-refractivity contribution in [3.8, 4) is 0 Å². The summed E-state index contributed by atoms with van der Waals surface area (Å²) in [5.41, 5.74) is 1.31. The van der Waals surface area contributed by atoms with E-state index < -0.39 is 0 Å². The summed E-state index contributed by atoms with van der Waals surface area (Å²) in [7, 11) is 0. The molecule has 0 saturated heterocycles. The van der Waals surface area contributed by atoms with Crippen LogP contribution < -0.4 is 0 Å². The fraction of sp³-hybridized carbons (Fsp3) is 0.182. The van der Waals surface area contributed by atoms with Crippen molar-refractivity contribution < 1.29 is 9.53 Å². The molecule has 2 nitrogen and oxygen atoms in total. The maximum Gasteiger partial charge on any atom is 0.340 e. The minimum atomic E-state index is -0.364. The molecule has 0 aliphatic carbocycles. The molecule has 15 heavy (non-hydrogen) atoms. The normalized spacial score (nSPS) is 9.80. The van der Waals surface area contributed by atoms with Crippen LogP contribution in [0.25, 0.3) is 0 Å². The molecule has 0 amide bonds. The molecule has 0 N–H and O–H groups in total. The Morgan fingerprint density at radius 1 is 1.40 bits per heavy atom. The molecule has 0 bridgehead atoms. The second kappa shape index (κ2) is 5.47. The fourth-order valence-corrected chi connectivity index (χ4v) is 2.28. The van der Waals surface area contributed by atoms with Gasteiger partial charge in [-0.05, 0) is 56.5 Å². The Morgan fingerprint density at radius 3 is 2.40 bits per heavy atom. The van der Waals surface area contributed by atoms with Crippen LogP contribution in [0.3, 0.4) is 0 Å².